The van der Waals surface area contributed by atoms with Crippen LogP contribution in [-0.4, -0.2) is 73.5 Å². The molecule has 0 saturated heterocycles. The van der Waals surface area contributed by atoms with E-state index in [1.807, 2.05) is 0 Å². The maximum Gasteiger partial charge on any atom is 0.270 e. The number of nitrogens with two attached hydrogens (primary N) is 1. The lowest BCUT2D eigenvalue weighted by Crippen LogP contribution is -2.65. The molecule has 5 rings (SSSR count). The molecule has 0 unspecified atom stereocenters. The Kier molecular flexibility index (Phi) is 5.85. The van der Waals surface area contributed by atoms with Crippen LogP contribution in [0.4, 0.5) is 5.69 Å². The molecule has 0 aliphatic heterocycles. The fourth-order valence-corrected chi connectivity index (χ4v) is 6.30. The van der Waals surface area contributed by atoms with Crippen LogP contribution in [-0.2, 0) is 20.8 Å². The molecule has 12 heteroatoms. The number of nitrogens with zero attached hydrogens (tertiary/aromatic N) is 2. The molecule has 0 radical (unpaired) electrons. The molecule has 2 aromatic carbocycles. The number of carbonyl (C=O) groups is 3. The number of primary amides is 1. The van der Waals surface area contributed by atoms with E-state index in [9.17, 15) is 44.9 Å². The normalized spacial score (nSPS) is 26.3. The van der Waals surface area contributed by atoms with Gasteiger partial charge in [-0.2, -0.15) is 0 Å². The van der Waals surface area contributed by atoms with Crippen molar-refractivity contribution >= 4 is 28.9 Å². The Morgan fingerprint density at radius 2 is 1.85 bits per heavy atom. The highest BCUT2D eigenvalue weighted by molar-refractivity contribution is 6.24. The number of aliphatic hydroxyl groups excluding tert-OH is 2. The first-order chi connectivity index (χ1) is 18.3. The number of hydrogen-bond acceptors (Lipinski definition) is 10. The van der Waals surface area contributed by atoms with Gasteiger partial charge in [0.1, 0.15) is 22.8 Å². The second-order valence-corrected chi connectivity index (χ2v) is 10.3. The molecule has 12 nitrogen and oxygen atoms in total. The number of nitro benzene ring substituents is 1. The Hall–Kier alpha value is -4.55. The second-order valence-electron chi connectivity index (χ2n) is 10.3. The highest BCUT2D eigenvalue weighted by atomic mass is 16.6. The van der Waals surface area contributed by atoms with E-state index < -0.39 is 63.0 Å². The average molecular weight is 536 g/mol. The monoisotopic (exact) mass is 535 g/mol. The summed E-state index contributed by atoms with van der Waals surface area (Å²) in [6.07, 6.45) is 0.0107. The molecule has 3 aliphatic rings. The molecule has 0 spiro atoms. The summed E-state index contributed by atoms with van der Waals surface area (Å²) in [5.41, 5.74) is 2.54. The maximum atomic E-state index is 13.9. The molecule has 0 heterocycles. The van der Waals surface area contributed by atoms with E-state index in [4.69, 9.17) is 5.73 Å². The molecule has 6 N–H and O–H groups in total. The smallest absolute Gasteiger partial charge is 0.270 e. The molecule has 1 saturated carbocycles. The fourth-order valence-electron chi connectivity index (χ4n) is 6.30. The summed E-state index contributed by atoms with van der Waals surface area (Å²) in [5.74, 6) is -7.37. The molecule has 3 aliphatic carbocycles. The van der Waals surface area contributed by atoms with Crippen LogP contribution < -0.4 is 5.73 Å². The van der Waals surface area contributed by atoms with E-state index in [2.05, 4.69) is 0 Å². The highest BCUT2D eigenvalue weighted by Crippen LogP contribution is 2.53. The summed E-state index contributed by atoms with van der Waals surface area (Å²) >= 11 is 0. The summed E-state index contributed by atoms with van der Waals surface area (Å²) in [6.45, 7) is 0. The standard InChI is InChI=1S/C27H25N3O9/c1-29(2)21-16-10-12-9-15-14(11-4-3-5-13(8-11)30(38)39)6-7-17(31)19(15)22(32)18(12)24(34)27(16,37)25(35)20(23(21)33)26(28)36/h3-8,12,16,21,31-32,35,37H,9-10H2,1-2H3,(H2,28,36)/t12-,16-,21-,27-/m1/s1. The number of aliphatic hydroxyl groups is 3. The SMILES string of the molecule is CN(C)[C@H]1C(=O)C(C(N)=O)=C(O)[C@]2(O)C(=O)C3=C(O)c4c(O)ccc(-c5cccc([N+](=O)[O-])c5)c4C[C@@H]3C[C@H]12. The van der Waals surface area contributed by atoms with Crippen LogP contribution in [0.25, 0.3) is 16.9 Å². The number of fused-ring (bicyclic) bond motifs is 3. The first-order valence-electron chi connectivity index (χ1n) is 12.0. The molecule has 2 aromatic rings. The lowest BCUT2D eigenvalue weighted by atomic mass is 9.57. The third kappa shape index (κ3) is 3.56. The molecular weight excluding hydrogens is 510 g/mol. The number of aromatic hydroxyl groups is 1. The Morgan fingerprint density at radius 1 is 1.15 bits per heavy atom. The van der Waals surface area contributed by atoms with Gasteiger partial charge in [-0.1, -0.05) is 18.2 Å². The molecule has 39 heavy (non-hydrogen) atoms. The Morgan fingerprint density at radius 3 is 2.46 bits per heavy atom. The fraction of sp³-hybridized carbons (Fsp3) is 0.296. The van der Waals surface area contributed by atoms with Gasteiger partial charge in [-0.25, -0.2) is 0 Å². The van der Waals surface area contributed by atoms with Gasteiger partial charge in [-0.15, -0.1) is 0 Å². The number of nitro groups is 1. The van der Waals surface area contributed by atoms with Gasteiger partial charge in [0.2, 0.25) is 5.78 Å². The van der Waals surface area contributed by atoms with Crippen LogP contribution in [0.3, 0.4) is 0 Å². The summed E-state index contributed by atoms with van der Waals surface area (Å²) in [7, 11) is 3.04. The zero-order chi connectivity index (χ0) is 28.5. The van der Waals surface area contributed by atoms with Gasteiger partial charge < -0.3 is 26.2 Å². The molecule has 202 valence electrons. The topological polar surface area (TPSA) is 205 Å². The largest absolute Gasteiger partial charge is 0.508 e. The molecule has 1 amide bonds. The van der Waals surface area contributed by atoms with Gasteiger partial charge in [0.25, 0.3) is 11.6 Å². The lowest BCUT2D eigenvalue weighted by Gasteiger charge is -2.50. The van der Waals surface area contributed by atoms with Crippen LogP contribution in [0.2, 0.25) is 0 Å². The number of amides is 1. The number of carbonyl (C=O) groups excluding carboxylic acids is 3. The molecule has 0 bridgehead atoms. The molecule has 0 aromatic heterocycles. The van der Waals surface area contributed by atoms with E-state index in [0.717, 1.165) is 0 Å². The quantitative estimate of drug-likeness (QED) is 0.217. The van der Waals surface area contributed by atoms with E-state index in [-0.39, 0.29) is 35.4 Å². The van der Waals surface area contributed by atoms with Gasteiger partial charge in [0, 0.05) is 23.6 Å². The van der Waals surface area contributed by atoms with Crippen LogP contribution >= 0.6 is 0 Å². The first kappa shape index (κ1) is 26.1. The van der Waals surface area contributed by atoms with Crippen molar-refractivity contribution in [2.75, 3.05) is 14.1 Å². The zero-order valence-corrected chi connectivity index (χ0v) is 20.9. The van der Waals surface area contributed by atoms with Gasteiger partial charge in [0.15, 0.2) is 11.4 Å². The number of phenols is 1. The van der Waals surface area contributed by atoms with Crippen molar-refractivity contribution in [1.82, 2.24) is 4.90 Å². The Labute approximate surface area is 221 Å². The van der Waals surface area contributed by atoms with E-state index in [0.29, 0.717) is 16.7 Å². The van der Waals surface area contributed by atoms with Crippen LogP contribution in [0.1, 0.15) is 17.5 Å². The average Bonchev–Trinajstić information content (AvgIpc) is 2.86. The van der Waals surface area contributed by atoms with Gasteiger partial charge in [-0.05, 0) is 55.6 Å². The maximum absolute atomic E-state index is 13.9. The van der Waals surface area contributed by atoms with Crippen LogP contribution in [0.15, 0.2) is 53.3 Å². The Bertz CT molecular complexity index is 1560. The number of ketones is 2. The minimum atomic E-state index is -2.72. The van der Waals surface area contributed by atoms with Crippen LogP contribution in [0, 0.1) is 22.0 Å². The molecule has 4 atom stereocenters. The van der Waals surface area contributed by atoms with Gasteiger partial charge in [-0.3, -0.25) is 29.4 Å². The van der Waals surface area contributed by atoms with Crippen molar-refractivity contribution in [3.8, 4) is 16.9 Å². The van der Waals surface area contributed by atoms with Crippen molar-refractivity contribution in [2.45, 2.75) is 24.5 Å². The van der Waals surface area contributed by atoms with Crippen molar-refractivity contribution < 1.29 is 39.7 Å². The number of Topliss-reactive ketones (excluding diaryl/α,β-unsaturated/α-hetero) is 2. The summed E-state index contributed by atoms with van der Waals surface area (Å²) in [4.78, 5) is 51.3. The highest BCUT2D eigenvalue weighted by Gasteiger charge is 2.64. The predicted octanol–water partition coefficient (Wildman–Crippen LogP) is 1.54. The summed E-state index contributed by atoms with van der Waals surface area (Å²) in [6, 6.07) is 7.45. The van der Waals surface area contributed by atoms with Gasteiger partial charge in [0.05, 0.1) is 16.5 Å². The zero-order valence-electron chi connectivity index (χ0n) is 20.9. The number of hydrogen-bond donors (Lipinski definition) is 5. The Balaban J connectivity index is 1.73. The van der Waals surface area contributed by atoms with Crippen molar-refractivity contribution in [2.24, 2.45) is 17.6 Å². The predicted molar refractivity (Wildman–Crippen MR) is 136 cm³/mol. The number of non-ortho nitro benzene ring substituents is 1. The molecule has 1 fully saturated rings. The summed E-state index contributed by atoms with van der Waals surface area (Å²) < 4.78 is 0. The van der Waals surface area contributed by atoms with Crippen molar-refractivity contribution in [1.29, 1.82) is 0 Å². The summed E-state index contributed by atoms with van der Waals surface area (Å²) in [5, 5.41) is 55.9. The lowest BCUT2D eigenvalue weighted by molar-refractivity contribution is -0.384. The first-order valence-corrected chi connectivity index (χ1v) is 12.0. The number of benzene rings is 2. The van der Waals surface area contributed by atoms with E-state index in [1.54, 1.807) is 12.1 Å². The number of likely N-dealkylation sites (N-methyl/N-ethyl adjacent to an activating group) is 1. The van der Waals surface area contributed by atoms with E-state index in [1.165, 1.54) is 43.3 Å². The van der Waals surface area contributed by atoms with Gasteiger partial charge >= 0.3 is 0 Å². The second kappa shape index (κ2) is 8.75. The van der Waals surface area contributed by atoms with Crippen LogP contribution in [0.5, 0.6) is 5.75 Å². The number of rotatable bonds is 4. The van der Waals surface area contributed by atoms with Crippen molar-refractivity contribution in [3.63, 3.8) is 0 Å². The third-order valence-electron chi connectivity index (χ3n) is 7.97. The third-order valence-corrected chi connectivity index (χ3v) is 7.97. The van der Waals surface area contributed by atoms with Crippen molar-refractivity contribution in [3.05, 3.63) is 74.5 Å². The molecular formula is C27H25N3O9. The van der Waals surface area contributed by atoms with E-state index >= 15 is 0 Å². The number of phenolic OH excluding ortho intramolecular Hbond substituents is 1. The minimum Gasteiger partial charge on any atom is -0.508 e. The minimum absolute atomic E-state index is 0.0597.